The molecular formula is C17H22N4O5S. The van der Waals surface area contributed by atoms with E-state index in [0.29, 0.717) is 38.6 Å². The lowest BCUT2D eigenvalue weighted by molar-refractivity contribution is -0.116. The van der Waals surface area contributed by atoms with Crippen LogP contribution in [0.15, 0.2) is 41.8 Å². The topological polar surface area (TPSA) is 103 Å². The van der Waals surface area contributed by atoms with Gasteiger partial charge in [-0.3, -0.25) is 4.79 Å². The molecule has 0 bridgehead atoms. The van der Waals surface area contributed by atoms with E-state index >= 15 is 0 Å². The molecule has 0 saturated carbocycles. The number of morpholine rings is 1. The Labute approximate surface area is 158 Å². The Balaban J connectivity index is 1.60. The van der Waals surface area contributed by atoms with E-state index in [1.54, 1.807) is 24.3 Å². The van der Waals surface area contributed by atoms with Crippen molar-refractivity contribution in [2.75, 3.05) is 38.2 Å². The number of carbonyl (C=O) groups is 1. The van der Waals surface area contributed by atoms with Crippen LogP contribution in [-0.2, 0) is 26.1 Å². The number of hydrogen-bond donors (Lipinski definition) is 1. The second-order valence-corrected chi connectivity index (χ2v) is 7.79. The Morgan fingerprint density at radius 2 is 1.96 bits per heavy atom. The summed E-state index contributed by atoms with van der Waals surface area (Å²) in [4.78, 5) is 16.1. The molecule has 0 radical (unpaired) electrons. The summed E-state index contributed by atoms with van der Waals surface area (Å²) in [6.45, 7) is 3.75. The molecule has 2 heterocycles. The van der Waals surface area contributed by atoms with Crippen LogP contribution in [-0.4, -0.2) is 61.1 Å². The number of aromatic nitrogens is 2. The maximum atomic E-state index is 12.5. The zero-order valence-electron chi connectivity index (χ0n) is 15.0. The van der Waals surface area contributed by atoms with Crippen molar-refractivity contribution in [2.24, 2.45) is 0 Å². The first kappa shape index (κ1) is 19.3. The molecule has 2 aromatic rings. The van der Waals surface area contributed by atoms with Crippen molar-refractivity contribution in [3.8, 4) is 5.75 Å². The minimum Gasteiger partial charge on any atom is -0.494 e. The molecular weight excluding hydrogens is 372 g/mol. The fourth-order valence-corrected chi connectivity index (χ4v) is 3.99. The van der Waals surface area contributed by atoms with Gasteiger partial charge in [-0.1, -0.05) is 0 Å². The molecule has 1 aromatic heterocycles. The molecule has 1 N–H and O–H groups in total. The number of hydrogen-bond acceptors (Lipinski definition) is 6. The average Bonchev–Trinajstić information content (AvgIpc) is 3.13. The van der Waals surface area contributed by atoms with Gasteiger partial charge in [0.25, 0.3) is 10.0 Å². The highest BCUT2D eigenvalue weighted by Crippen LogP contribution is 2.17. The Hall–Kier alpha value is -2.43. The first-order chi connectivity index (χ1) is 13.0. The van der Waals surface area contributed by atoms with Crippen molar-refractivity contribution in [3.05, 3.63) is 36.8 Å². The van der Waals surface area contributed by atoms with Crippen LogP contribution in [0.4, 0.5) is 5.69 Å². The Morgan fingerprint density at radius 1 is 1.26 bits per heavy atom. The molecule has 1 aliphatic rings. The third kappa shape index (κ3) is 4.85. The van der Waals surface area contributed by atoms with Gasteiger partial charge in [-0.2, -0.15) is 4.31 Å². The van der Waals surface area contributed by atoms with Crippen LogP contribution in [0.3, 0.4) is 0 Å². The monoisotopic (exact) mass is 394 g/mol. The molecule has 1 fully saturated rings. The second kappa shape index (κ2) is 8.51. The second-order valence-electron chi connectivity index (χ2n) is 5.91. The number of anilines is 1. The zero-order valence-corrected chi connectivity index (χ0v) is 15.8. The lowest BCUT2D eigenvalue weighted by Crippen LogP contribution is -2.40. The predicted molar refractivity (Wildman–Crippen MR) is 98.0 cm³/mol. The largest absolute Gasteiger partial charge is 0.494 e. The van der Waals surface area contributed by atoms with Gasteiger partial charge in [0.1, 0.15) is 12.3 Å². The summed E-state index contributed by atoms with van der Waals surface area (Å²) in [6.07, 6.45) is 2.70. The Morgan fingerprint density at radius 3 is 2.63 bits per heavy atom. The van der Waals surface area contributed by atoms with Gasteiger partial charge in [-0.15, -0.1) is 0 Å². The predicted octanol–water partition coefficient (Wildman–Crippen LogP) is 0.941. The highest BCUT2D eigenvalue weighted by molar-refractivity contribution is 7.89. The summed E-state index contributed by atoms with van der Waals surface area (Å²) in [5.41, 5.74) is 0.629. The average molecular weight is 394 g/mol. The van der Waals surface area contributed by atoms with Crippen LogP contribution in [0.1, 0.15) is 6.92 Å². The normalized spacial score (nSPS) is 15.4. The number of nitrogens with zero attached hydrogens (tertiary/aromatic N) is 3. The number of benzene rings is 1. The van der Waals surface area contributed by atoms with Crippen molar-refractivity contribution >= 4 is 21.6 Å². The molecule has 10 heteroatoms. The van der Waals surface area contributed by atoms with E-state index in [1.807, 2.05) is 6.92 Å². The van der Waals surface area contributed by atoms with Crippen LogP contribution in [0, 0.1) is 0 Å². The number of ether oxygens (including phenoxy) is 2. The van der Waals surface area contributed by atoms with Crippen molar-refractivity contribution < 1.29 is 22.7 Å². The zero-order chi connectivity index (χ0) is 19.3. The summed E-state index contributed by atoms with van der Waals surface area (Å²) in [6, 6.07) is 7.02. The SMILES string of the molecule is CCOc1ccc(NC(=O)Cn2cnc(S(=O)(=O)N3CCOCC3)c2)cc1. The lowest BCUT2D eigenvalue weighted by atomic mass is 10.3. The number of imidazole rings is 1. The molecule has 9 nitrogen and oxygen atoms in total. The van der Waals surface area contributed by atoms with E-state index in [0.717, 1.165) is 5.75 Å². The van der Waals surface area contributed by atoms with Gasteiger partial charge >= 0.3 is 0 Å². The van der Waals surface area contributed by atoms with E-state index in [9.17, 15) is 13.2 Å². The van der Waals surface area contributed by atoms with Gasteiger partial charge in [0, 0.05) is 25.0 Å². The van der Waals surface area contributed by atoms with E-state index in [2.05, 4.69) is 10.3 Å². The van der Waals surface area contributed by atoms with Crippen LogP contribution >= 0.6 is 0 Å². The molecule has 1 saturated heterocycles. The summed E-state index contributed by atoms with van der Waals surface area (Å²) in [5.74, 6) is 0.440. The van der Waals surface area contributed by atoms with Gasteiger partial charge in [0.2, 0.25) is 5.91 Å². The highest BCUT2D eigenvalue weighted by Gasteiger charge is 2.28. The Bertz CT molecular complexity index is 873. The molecule has 1 aromatic carbocycles. The fraction of sp³-hybridized carbons (Fsp3) is 0.412. The maximum absolute atomic E-state index is 12.5. The van der Waals surface area contributed by atoms with E-state index in [1.165, 1.54) is 21.4 Å². The first-order valence-corrected chi connectivity index (χ1v) is 10.1. The van der Waals surface area contributed by atoms with Gasteiger partial charge in [0.15, 0.2) is 5.03 Å². The number of nitrogens with one attached hydrogen (secondary N) is 1. The summed E-state index contributed by atoms with van der Waals surface area (Å²) in [7, 11) is -3.67. The van der Waals surface area contributed by atoms with Crippen molar-refractivity contribution in [1.29, 1.82) is 0 Å². The number of amides is 1. The van der Waals surface area contributed by atoms with E-state index in [4.69, 9.17) is 9.47 Å². The molecule has 0 aliphatic carbocycles. The van der Waals surface area contributed by atoms with Gasteiger partial charge in [-0.25, -0.2) is 13.4 Å². The van der Waals surface area contributed by atoms with Crippen LogP contribution in [0.2, 0.25) is 0 Å². The Kier molecular flexibility index (Phi) is 6.09. The lowest BCUT2D eigenvalue weighted by Gasteiger charge is -2.24. The van der Waals surface area contributed by atoms with Gasteiger partial charge < -0.3 is 19.4 Å². The number of rotatable bonds is 7. The molecule has 1 aliphatic heterocycles. The molecule has 0 unspecified atom stereocenters. The van der Waals surface area contributed by atoms with Gasteiger partial charge in [-0.05, 0) is 31.2 Å². The maximum Gasteiger partial charge on any atom is 0.262 e. The van der Waals surface area contributed by atoms with Crippen molar-refractivity contribution in [2.45, 2.75) is 18.5 Å². The molecule has 0 atom stereocenters. The van der Waals surface area contributed by atoms with Crippen LogP contribution in [0.25, 0.3) is 0 Å². The standard InChI is InChI=1S/C17H22N4O5S/c1-2-26-15-5-3-14(4-6-15)19-16(22)11-20-12-17(18-13-20)27(23,24)21-7-9-25-10-8-21/h3-6,12-13H,2,7-11H2,1H3,(H,19,22). The quantitative estimate of drug-likeness (QED) is 0.750. The molecule has 0 spiro atoms. The summed E-state index contributed by atoms with van der Waals surface area (Å²) in [5, 5.41) is 2.68. The van der Waals surface area contributed by atoms with E-state index in [-0.39, 0.29) is 17.5 Å². The first-order valence-electron chi connectivity index (χ1n) is 8.61. The number of sulfonamides is 1. The third-order valence-electron chi connectivity index (χ3n) is 3.96. The minimum atomic E-state index is -3.67. The third-order valence-corrected chi connectivity index (χ3v) is 5.74. The smallest absolute Gasteiger partial charge is 0.262 e. The highest BCUT2D eigenvalue weighted by atomic mass is 32.2. The fourth-order valence-electron chi connectivity index (χ4n) is 2.65. The van der Waals surface area contributed by atoms with Crippen molar-refractivity contribution in [1.82, 2.24) is 13.9 Å². The van der Waals surface area contributed by atoms with Crippen molar-refractivity contribution in [3.63, 3.8) is 0 Å². The molecule has 3 rings (SSSR count). The van der Waals surface area contributed by atoms with Crippen LogP contribution < -0.4 is 10.1 Å². The van der Waals surface area contributed by atoms with E-state index < -0.39 is 10.0 Å². The molecule has 1 amide bonds. The molecule has 27 heavy (non-hydrogen) atoms. The molecule has 146 valence electrons. The minimum absolute atomic E-state index is 0.0428. The number of carbonyl (C=O) groups excluding carboxylic acids is 1. The summed E-state index contributed by atoms with van der Waals surface area (Å²) < 4.78 is 38.4. The summed E-state index contributed by atoms with van der Waals surface area (Å²) >= 11 is 0. The van der Waals surface area contributed by atoms with Crippen LogP contribution in [0.5, 0.6) is 5.75 Å². The van der Waals surface area contributed by atoms with Gasteiger partial charge in [0.05, 0.1) is 26.1 Å².